The van der Waals surface area contributed by atoms with E-state index in [-0.39, 0.29) is 11.3 Å². The standard InChI is InChI=1S/C20H21N3O7/c1-20(2,3)30-19(26)22-15-6-4-5-13(11-15)18(25)29-12-17(24)21-14-7-9-16(10-8-14)23(27)28/h4-11H,12H2,1-3H3,(H,21,24)(H,22,26). The molecule has 0 heterocycles. The minimum atomic E-state index is -0.762. The minimum absolute atomic E-state index is 0.112. The largest absolute Gasteiger partial charge is 0.452 e. The number of non-ortho nitro benzene ring substituents is 1. The van der Waals surface area contributed by atoms with Gasteiger partial charge in [0.15, 0.2) is 6.61 Å². The van der Waals surface area contributed by atoms with Crippen LogP contribution in [0.1, 0.15) is 31.1 Å². The number of ether oxygens (including phenoxy) is 2. The summed E-state index contributed by atoms with van der Waals surface area (Å²) in [5.41, 5.74) is 0.00252. The first-order valence-electron chi connectivity index (χ1n) is 8.85. The highest BCUT2D eigenvalue weighted by molar-refractivity contribution is 5.96. The molecule has 0 bridgehead atoms. The molecule has 0 radical (unpaired) electrons. The molecular weight excluding hydrogens is 394 g/mol. The quantitative estimate of drug-likeness (QED) is 0.416. The summed E-state index contributed by atoms with van der Waals surface area (Å²) in [5, 5.41) is 15.6. The van der Waals surface area contributed by atoms with Crippen molar-refractivity contribution in [3.05, 3.63) is 64.2 Å². The molecule has 2 aromatic rings. The molecule has 2 N–H and O–H groups in total. The van der Waals surface area contributed by atoms with Crippen LogP contribution in [0.25, 0.3) is 0 Å². The van der Waals surface area contributed by atoms with Crippen molar-refractivity contribution < 1.29 is 28.8 Å². The topological polar surface area (TPSA) is 137 Å². The highest BCUT2D eigenvalue weighted by Gasteiger charge is 2.17. The van der Waals surface area contributed by atoms with Crippen molar-refractivity contribution in [2.75, 3.05) is 17.2 Å². The molecule has 158 valence electrons. The van der Waals surface area contributed by atoms with Crippen LogP contribution in [0.2, 0.25) is 0 Å². The number of rotatable bonds is 6. The zero-order chi connectivity index (χ0) is 22.3. The van der Waals surface area contributed by atoms with Gasteiger partial charge >= 0.3 is 12.1 Å². The molecule has 0 saturated carbocycles. The van der Waals surface area contributed by atoms with Crippen LogP contribution in [0.3, 0.4) is 0 Å². The van der Waals surface area contributed by atoms with Gasteiger partial charge in [0.2, 0.25) is 0 Å². The smallest absolute Gasteiger partial charge is 0.412 e. The number of nitro benzene ring substituents is 1. The molecule has 10 heteroatoms. The predicted molar refractivity (Wildman–Crippen MR) is 108 cm³/mol. The van der Waals surface area contributed by atoms with Crippen LogP contribution in [0.5, 0.6) is 0 Å². The number of nitrogens with zero attached hydrogens (tertiary/aromatic N) is 1. The molecule has 0 aliphatic carbocycles. The summed E-state index contributed by atoms with van der Waals surface area (Å²) in [7, 11) is 0. The number of anilines is 2. The van der Waals surface area contributed by atoms with E-state index >= 15 is 0 Å². The first kappa shape index (κ1) is 22.3. The summed E-state index contributed by atoms with van der Waals surface area (Å²) >= 11 is 0. The van der Waals surface area contributed by atoms with Crippen molar-refractivity contribution in [3.63, 3.8) is 0 Å². The molecule has 0 aliphatic rings. The third-order valence-electron chi connectivity index (χ3n) is 3.44. The summed E-state index contributed by atoms with van der Waals surface area (Å²) in [5.74, 6) is -1.37. The first-order chi connectivity index (χ1) is 14.0. The second-order valence-electron chi connectivity index (χ2n) is 7.14. The van der Waals surface area contributed by atoms with Crippen LogP contribution < -0.4 is 10.6 Å². The zero-order valence-corrected chi connectivity index (χ0v) is 16.6. The van der Waals surface area contributed by atoms with Crippen LogP contribution in [-0.2, 0) is 14.3 Å². The highest BCUT2D eigenvalue weighted by atomic mass is 16.6. The van der Waals surface area contributed by atoms with E-state index in [1.54, 1.807) is 32.9 Å². The fourth-order valence-electron chi connectivity index (χ4n) is 2.22. The van der Waals surface area contributed by atoms with E-state index in [2.05, 4.69) is 10.6 Å². The average molecular weight is 415 g/mol. The Balaban J connectivity index is 1.89. The lowest BCUT2D eigenvalue weighted by Gasteiger charge is -2.19. The van der Waals surface area contributed by atoms with Crippen molar-refractivity contribution in [1.29, 1.82) is 0 Å². The summed E-state index contributed by atoms with van der Waals surface area (Å²) < 4.78 is 10.1. The number of nitrogens with one attached hydrogen (secondary N) is 2. The van der Waals surface area contributed by atoms with E-state index in [4.69, 9.17) is 9.47 Å². The van der Waals surface area contributed by atoms with Crippen molar-refractivity contribution in [3.8, 4) is 0 Å². The predicted octanol–water partition coefficient (Wildman–Crippen LogP) is 3.74. The Morgan fingerprint density at radius 2 is 1.67 bits per heavy atom. The van der Waals surface area contributed by atoms with Crippen molar-refractivity contribution in [1.82, 2.24) is 0 Å². The lowest BCUT2D eigenvalue weighted by Crippen LogP contribution is -2.27. The third kappa shape index (κ3) is 7.23. The highest BCUT2D eigenvalue weighted by Crippen LogP contribution is 2.16. The van der Waals surface area contributed by atoms with Gasteiger partial charge in [0.1, 0.15) is 5.60 Å². The van der Waals surface area contributed by atoms with Gasteiger partial charge in [-0.15, -0.1) is 0 Å². The zero-order valence-electron chi connectivity index (χ0n) is 16.6. The average Bonchev–Trinajstić information content (AvgIpc) is 2.65. The van der Waals surface area contributed by atoms with Gasteiger partial charge < -0.3 is 14.8 Å². The van der Waals surface area contributed by atoms with E-state index in [1.807, 2.05) is 0 Å². The van der Waals surface area contributed by atoms with Gasteiger partial charge in [0, 0.05) is 23.5 Å². The van der Waals surface area contributed by atoms with Gasteiger partial charge in [-0.25, -0.2) is 9.59 Å². The maximum Gasteiger partial charge on any atom is 0.412 e. The Morgan fingerprint density at radius 3 is 2.27 bits per heavy atom. The number of carbonyl (C=O) groups is 3. The molecule has 0 aliphatic heterocycles. The van der Waals surface area contributed by atoms with Gasteiger partial charge in [-0.3, -0.25) is 20.2 Å². The molecule has 2 amide bonds. The van der Waals surface area contributed by atoms with E-state index in [9.17, 15) is 24.5 Å². The fourth-order valence-corrected chi connectivity index (χ4v) is 2.22. The first-order valence-corrected chi connectivity index (χ1v) is 8.85. The Morgan fingerprint density at radius 1 is 1.00 bits per heavy atom. The summed E-state index contributed by atoms with van der Waals surface area (Å²) in [4.78, 5) is 46.0. The molecule has 2 aromatic carbocycles. The molecule has 0 spiro atoms. The molecule has 0 saturated heterocycles. The fraction of sp³-hybridized carbons (Fsp3) is 0.250. The molecule has 0 unspecified atom stereocenters. The summed E-state index contributed by atoms with van der Waals surface area (Å²) in [6.45, 7) is 4.62. The van der Waals surface area contributed by atoms with Crippen molar-refractivity contribution in [2.24, 2.45) is 0 Å². The maximum absolute atomic E-state index is 12.2. The lowest BCUT2D eigenvalue weighted by molar-refractivity contribution is -0.384. The number of hydrogen-bond acceptors (Lipinski definition) is 7. The SMILES string of the molecule is CC(C)(C)OC(=O)Nc1cccc(C(=O)OCC(=O)Nc2ccc([N+](=O)[O-])cc2)c1. The number of esters is 1. The van der Waals surface area contributed by atoms with E-state index in [0.717, 1.165) is 0 Å². The Kier molecular flexibility index (Phi) is 7.08. The monoisotopic (exact) mass is 415 g/mol. The molecule has 0 fully saturated rings. The Bertz CT molecular complexity index is 950. The van der Waals surface area contributed by atoms with Crippen LogP contribution in [0.15, 0.2) is 48.5 Å². The molecule has 0 atom stereocenters. The van der Waals surface area contributed by atoms with Gasteiger partial charge in [-0.2, -0.15) is 0 Å². The molecule has 10 nitrogen and oxygen atoms in total. The lowest BCUT2D eigenvalue weighted by atomic mass is 10.2. The van der Waals surface area contributed by atoms with E-state index in [1.165, 1.54) is 36.4 Å². The molecule has 0 aromatic heterocycles. The summed E-state index contributed by atoms with van der Waals surface area (Å²) in [6.07, 6.45) is -0.671. The van der Waals surface area contributed by atoms with Gasteiger partial charge in [-0.1, -0.05) is 6.07 Å². The van der Waals surface area contributed by atoms with Gasteiger partial charge in [0.25, 0.3) is 11.6 Å². The summed E-state index contributed by atoms with van der Waals surface area (Å²) in [6, 6.07) is 11.2. The second-order valence-corrected chi connectivity index (χ2v) is 7.14. The number of amides is 2. The molecular formula is C20H21N3O7. The van der Waals surface area contributed by atoms with Crippen LogP contribution >= 0.6 is 0 Å². The molecule has 30 heavy (non-hydrogen) atoms. The third-order valence-corrected chi connectivity index (χ3v) is 3.44. The Labute approximate surface area is 172 Å². The number of hydrogen-bond donors (Lipinski definition) is 2. The van der Waals surface area contributed by atoms with Gasteiger partial charge in [-0.05, 0) is 51.1 Å². The normalized spacial score (nSPS) is 10.6. The number of benzene rings is 2. The van der Waals surface area contributed by atoms with E-state index in [0.29, 0.717) is 11.4 Å². The second kappa shape index (κ2) is 9.50. The van der Waals surface area contributed by atoms with Gasteiger partial charge in [0.05, 0.1) is 10.5 Å². The van der Waals surface area contributed by atoms with Crippen LogP contribution in [-0.4, -0.2) is 35.1 Å². The van der Waals surface area contributed by atoms with Crippen molar-refractivity contribution in [2.45, 2.75) is 26.4 Å². The molecule has 2 rings (SSSR count). The van der Waals surface area contributed by atoms with E-state index < -0.39 is 35.1 Å². The Hall–Kier alpha value is -3.95. The minimum Gasteiger partial charge on any atom is -0.452 e. The number of nitro groups is 1. The van der Waals surface area contributed by atoms with Crippen molar-refractivity contribution >= 4 is 35.0 Å². The maximum atomic E-state index is 12.2. The number of carbonyl (C=O) groups excluding carboxylic acids is 3. The van der Waals surface area contributed by atoms with Crippen LogP contribution in [0, 0.1) is 10.1 Å². The van der Waals surface area contributed by atoms with Crippen LogP contribution in [0.4, 0.5) is 21.9 Å².